The van der Waals surface area contributed by atoms with Gasteiger partial charge in [0.15, 0.2) is 0 Å². The smallest absolute Gasteiger partial charge is 0.0496 e. The van der Waals surface area contributed by atoms with E-state index in [1.165, 1.54) is 55.2 Å². The largest absolute Gasteiger partial charge is 0.359 e. The number of fused-ring (bicyclic) bond motifs is 3. The molecule has 0 radical (unpaired) electrons. The fraction of sp³-hybridized carbons (Fsp3) is 0.156. The van der Waals surface area contributed by atoms with Crippen LogP contribution in [0.1, 0.15) is 52.2 Å². The topological polar surface area (TPSA) is 17.0 Å². The number of hydrogen-bond acceptors (Lipinski definition) is 1. The number of nitrogens with zero attached hydrogens (tertiary/aromatic N) is 1. The van der Waals surface area contributed by atoms with Crippen LogP contribution in [0.2, 0.25) is 0 Å². The van der Waals surface area contributed by atoms with Crippen molar-refractivity contribution in [1.29, 1.82) is 0 Å². The summed E-state index contributed by atoms with van der Waals surface area (Å²) in [5.41, 5.74) is 12.0. The highest BCUT2D eigenvalue weighted by molar-refractivity contribution is 6.09. The Hall–Kier alpha value is -5.34. The van der Waals surface area contributed by atoms with Gasteiger partial charge in [-0.05, 0) is 99.2 Å². The van der Waals surface area contributed by atoms with E-state index in [0.29, 0.717) is 0 Å². The van der Waals surface area contributed by atoms with Crippen LogP contribution in [0.25, 0.3) is 44.1 Å². The van der Waals surface area contributed by atoms with E-state index in [1.807, 2.05) is 0 Å². The summed E-state index contributed by atoms with van der Waals surface area (Å²) in [7, 11) is 0. The van der Waals surface area contributed by atoms with Crippen molar-refractivity contribution in [3.63, 3.8) is 0 Å². The van der Waals surface area contributed by atoms with Crippen molar-refractivity contribution in [3.8, 4) is 11.1 Å². The second-order valence-corrected chi connectivity index (χ2v) is 13.0. The van der Waals surface area contributed by atoms with Gasteiger partial charge in [0.1, 0.15) is 0 Å². The first-order chi connectivity index (χ1) is 22.8. The van der Waals surface area contributed by atoms with Gasteiger partial charge in [-0.3, -0.25) is 0 Å². The number of nitrogens with one attached hydrogen (secondary N) is 1. The van der Waals surface area contributed by atoms with Crippen LogP contribution < -0.4 is 5.32 Å². The molecule has 1 heterocycles. The zero-order valence-electron chi connectivity index (χ0n) is 28.2. The number of rotatable bonds is 9. The summed E-state index contributed by atoms with van der Waals surface area (Å²) in [6.07, 6.45) is 11.9. The molecule has 47 heavy (non-hydrogen) atoms. The summed E-state index contributed by atoms with van der Waals surface area (Å²) in [6.45, 7) is 11.0. The van der Waals surface area contributed by atoms with E-state index in [9.17, 15) is 0 Å². The molecule has 0 unspecified atom stereocenters. The SMILES string of the molecule is C/C=C\C(=C/C/C=C\C(=C(/C)Nc1ccc(-c2ccc3c(c2)c2ccccc2n3C(C)(C)C)cc1)c1ccccc1)c1ccccc1. The van der Waals surface area contributed by atoms with E-state index < -0.39 is 0 Å². The third-order valence-corrected chi connectivity index (χ3v) is 8.59. The first kappa shape index (κ1) is 31.6. The van der Waals surface area contributed by atoms with Crippen LogP contribution in [0.15, 0.2) is 163 Å². The minimum Gasteiger partial charge on any atom is -0.359 e. The number of benzene rings is 5. The van der Waals surface area contributed by atoms with Crippen LogP contribution in [0.4, 0.5) is 5.69 Å². The lowest BCUT2D eigenvalue weighted by Crippen LogP contribution is -2.21. The predicted molar refractivity (Wildman–Crippen MR) is 206 cm³/mol. The minimum atomic E-state index is -0.0104. The molecule has 0 aliphatic rings. The van der Waals surface area contributed by atoms with Crippen molar-refractivity contribution in [2.24, 2.45) is 0 Å². The molecule has 0 aliphatic heterocycles. The van der Waals surface area contributed by atoms with Gasteiger partial charge >= 0.3 is 0 Å². The average Bonchev–Trinajstić information content (AvgIpc) is 3.43. The number of anilines is 1. The normalized spacial score (nSPS) is 13.2. The van der Waals surface area contributed by atoms with Crippen LogP contribution in [-0.2, 0) is 5.54 Å². The van der Waals surface area contributed by atoms with Crippen molar-refractivity contribution in [2.75, 3.05) is 5.32 Å². The Morgan fingerprint density at radius 2 is 1.28 bits per heavy atom. The van der Waals surface area contributed by atoms with Crippen LogP contribution in [0, 0.1) is 0 Å². The van der Waals surface area contributed by atoms with Crippen molar-refractivity contribution >= 4 is 38.6 Å². The number of para-hydroxylation sites is 1. The third-order valence-electron chi connectivity index (χ3n) is 8.59. The quantitative estimate of drug-likeness (QED) is 0.161. The van der Waals surface area contributed by atoms with Gasteiger partial charge in [-0.1, -0.05) is 127 Å². The number of allylic oxidation sites excluding steroid dienone is 8. The molecule has 0 atom stereocenters. The second-order valence-electron chi connectivity index (χ2n) is 13.0. The first-order valence-electron chi connectivity index (χ1n) is 16.6. The lowest BCUT2D eigenvalue weighted by Gasteiger charge is -2.24. The molecule has 6 rings (SSSR count). The van der Waals surface area contributed by atoms with Crippen LogP contribution in [0.3, 0.4) is 0 Å². The Morgan fingerprint density at radius 1 is 0.660 bits per heavy atom. The predicted octanol–water partition coefficient (Wildman–Crippen LogP) is 12.7. The third kappa shape index (κ3) is 7.08. The Balaban J connectivity index is 1.26. The van der Waals surface area contributed by atoms with Gasteiger partial charge in [-0.25, -0.2) is 0 Å². The molecular formula is C45H44N2. The van der Waals surface area contributed by atoms with Gasteiger partial charge in [0.25, 0.3) is 0 Å². The Morgan fingerprint density at radius 3 is 1.96 bits per heavy atom. The van der Waals surface area contributed by atoms with Gasteiger partial charge in [0.2, 0.25) is 0 Å². The summed E-state index contributed by atoms with van der Waals surface area (Å²) < 4.78 is 2.46. The van der Waals surface area contributed by atoms with Crippen LogP contribution in [-0.4, -0.2) is 4.57 Å². The van der Waals surface area contributed by atoms with Gasteiger partial charge in [0.05, 0.1) is 0 Å². The Bertz CT molecular complexity index is 2100. The molecule has 5 aromatic carbocycles. The maximum Gasteiger partial charge on any atom is 0.0496 e. The fourth-order valence-electron chi connectivity index (χ4n) is 6.43. The number of hydrogen-bond donors (Lipinski definition) is 1. The molecule has 2 heteroatoms. The highest BCUT2D eigenvalue weighted by Gasteiger charge is 2.20. The maximum absolute atomic E-state index is 3.69. The molecule has 0 spiro atoms. The molecule has 0 saturated carbocycles. The van der Waals surface area contributed by atoms with E-state index in [-0.39, 0.29) is 5.54 Å². The highest BCUT2D eigenvalue weighted by atomic mass is 15.0. The van der Waals surface area contributed by atoms with Crippen LogP contribution in [0.5, 0.6) is 0 Å². The monoisotopic (exact) mass is 612 g/mol. The molecular weight excluding hydrogens is 569 g/mol. The van der Waals surface area contributed by atoms with Gasteiger partial charge in [-0.15, -0.1) is 0 Å². The molecule has 1 aromatic heterocycles. The Labute approximate surface area is 280 Å². The molecule has 0 saturated heterocycles. The van der Waals surface area contributed by atoms with Crippen molar-refractivity contribution < 1.29 is 0 Å². The summed E-state index contributed by atoms with van der Waals surface area (Å²) in [5.74, 6) is 0. The van der Waals surface area contributed by atoms with E-state index in [1.54, 1.807) is 0 Å². The van der Waals surface area contributed by atoms with E-state index in [4.69, 9.17) is 0 Å². The van der Waals surface area contributed by atoms with Crippen molar-refractivity contribution in [1.82, 2.24) is 4.57 Å². The summed E-state index contributed by atoms with van der Waals surface area (Å²) in [6, 6.07) is 45.6. The second kappa shape index (κ2) is 14.0. The summed E-state index contributed by atoms with van der Waals surface area (Å²) >= 11 is 0. The fourth-order valence-corrected chi connectivity index (χ4v) is 6.43. The van der Waals surface area contributed by atoms with Gasteiger partial charge < -0.3 is 9.88 Å². The molecule has 0 aliphatic carbocycles. The van der Waals surface area contributed by atoms with E-state index in [2.05, 4.69) is 202 Å². The Kier molecular flexibility index (Phi) is 9.40. The molecule has 0 bridgehead atoms. The zero-order valence-corrected chi connectivity index (χ0v) is 28.2. The lowest BCUT2D eigenvalue weighted by molar-refractivity contribution is 0.423. The number of aromatic nitrogens is 1. The van der Waals surface area contributed by atoms with Crippen molar-refractivity contribution in [3.05, 3.63) is 175 Å². The molecule has 0 fully saturated rings. The van der Waals surface area contributed by atoms with Gasteiger partial charge in [-0.2, -0.15) is 0 Å². The maximum atomic E-state index is 3.69. The minimum absolute atomic E-state index is 0.0104. The standard InChI is InChI=1S/C45H44N2/c1-6-17-34(35-18-9-7-10-19-35)20-13-14-23-40(37-21-11-8-12-22-37)33(2)46-39-29-26-36(27-30-39)38-28-31-44-42(32-38)41-24-15-16-25-43(41)47(44)45(3,4)5/h6-12,14-32,46H,13H2,1-5H3/b17-6-,23-14-,34-20+,40-33-. The lowest BCUT2D eigenvalue weighted by atomic mass is 10.0. The summed E-state index contributed by atoms with van der Waals surface area (Å²) in [4.78, 5) is 0. The summed E-state index contributed by atoms with van der Waals surface area (Å²) in [5, 5.41) is 6.28. The molecule has 6 aromatic rings. The van der Waals surface area contributed by atoms with Crippen molar-refractivity contribution in [2.45, 2.75) is 46.6 Å². The van der Waals surface area contributed by atoms with Gasteiger partial charge in [0, 0.05) is 44.3 Å². The average molecular weight is 613 g/mol. The first-order valence-corrected chi connectivity index (χ1v) is 16.6. The highest BCUT2D eigenvalue weighted by Crippen LogP contribution is 2.36. The molecule has 234 valence electrons. The van der Waals surface area contributed by atoms with E-state index in [0.717, 1.165) is 17.8 Å². The van der Waals surface area contributed by atoms with Crippen LogP contribution >= 0.6 is 0 Å². The molecule has 0 amide bonds. The molecule has 2 nitrogen and oxygen atoms in total. The zero-order chi connectivity index (χ0) is 32.8. The molecule has 1 N–H and O–H groups in total. The van der Waals surface area contributed by atoms with E-state index >= 15 is 0 Å².